The van der Waals surface area contributed by atoms with E-state index in [1.165, 1.54) is 0 Å². The fourth-order valence-corrected chi connectivity index (χ4v) is 6.53. The first-order valence-electron chi connectivity index (χ1n) is 12.9. The predicted molar refractivity (Wildman–Crippen MR) is 148 cm³/mol. The number of anilines is 3. The molecule has 8 nitrogen and oxygen atoms in total. The van der Waals surface area contributed by atoms with Gasteiger partial charge in [0.2, 0.25) is 11.8 Å². The predicted octanol–water partition coefficient (Wildman–Crippen LogP) is 4.72. The Morgan fingerprint density at radius 2 is 1.18 bits per heavy atom. The molecule has 0 aromatic heterocycles. The molecule has 3 aliphatic rings. The number of fused-ring (bicyclic) bond motifs is 2. The standard InChI is InChI=1S/C31H31N3O5/c1-29(2)25(32(26(29)35)19-11-15-21(38-5)16-12-19)33-24-10-8-7-9-23(24)31(28(33)37)30(3,4)27(36)34(31)20-13-17-22(39-6)18-14-20/h7-18,25H,1-6H3/t25-,31+/m0/s1. The zero-order valence-corrected chi connectivity index (χ0v) is 22.9. The highest BCUT2D eigenvalue weighted by molar-refractivity contribution is 6.25. The van der Waals surface area contributed by atoms with Crippen molar-refractivity contribution in [3.8, 4) is 11.5 Å². The average molecular weight is 526 g/mol. The SMILES string of the molecule is COc1ccc(N2C(=O)C(C)(C)[C@@H]2N2C(=O)[C@@]3(c4ccccc42)N(c2ccc(OC)cc2)C(=O)C3(C)C)cc1. The van der Waals surface area contributed by atoms with Gasteiger partial charge in [-0.3, -0.25) is 29.1 Å². The molecule has 200 valence electrons. The van der Waals surface area contributed by atoms with E-state index in [2.05, 4.69) is 0 Å². The minimum atomic E-state index is -1.27. The summed E-state index contributed by atoms with van der Waals surface area (Å²) in [5.41, 5.74) is -0.399. The van der Waals surface area contributed by atoms with Crippen molar-refractivity contribution >= 4 is 34.8 Å². The Hall–Kier alpha value is -4.33. The van der Waals surface area contributed by atoms with E-state index in [1.807, 2.05) is 64.1 Å². The molecule has 0 N–H and O–H groups in total. The minimum Gasteiger partial charge on any atom is -0.497 e. The van der Waals surface area contributed by atoms with Crippen LogP contribution in [-0.2, 0) is 19.9 Å². The van der Waals surface area contributed by atoms with Gasteiger partial charge in [0.25, 0.3) is 5.91 Å². The third-order valence-corrected chi connectivity index (χ3v) is 8.65. The summed E-state index contributed by atoms with van der Waals surface area (Å²) in [7, 11) is 3.17. The Morgan fingerprint density at radius 3 is 1.74 bits per heavy atom. The largest absolute Gasteiger partial charge is 0.497 e. The number of β-lactam (4-membered cyclic amide) rings is 2. The van der Waals surface area contributed by atoms with Gasteiger partial charge in [-0.25, -0.2) is 0 Å². The van der Waals surface area contributed by atoms with Crippen molar-refractivity contribution < 1.29 is 23.9 Å². The summed E-state index contributed by atoms with van der Waals surface area (Å²) in [6.45, 7) is 7.37. The number of carbonyl (C=O) groups excluding carboxylic acids is 3. The molecule has 0 radical (unpaired) electrons. The van der Waals surface area contributed by atoms with Gasteiger partial charge in [-0.1, -0.05) is 18.2 Å². The normalized spacial score (nSPS) is 24.4. The van der Waals surface area contributed by atoms with Crippen LogP contribution in [0.25, 0.3) is 0 Å². The molecule has 3 heterocycles. The van der Waals surface area contributed by atoms with Gasteiger partial charge in [0.1, 0.15) is 17.7 Å². The molecule has 0 aliphatic carbocycles. The first-order valence-corrected chi connectivity index (χ1v) is 12.9. The smallest absolute Gasteiger partial charge is 0.260 e. The third kappa shape index (κ3) is 2.91. The monoisotopic (exact) mass is 525 g/mol. The molecule has 0 saturated carbocycles. The number of benzene rings is 3. The van der Waals surface area contributed by atoms with Crippen LogP contribution in [0.15, 0.2) is 72.8 Å². The molecular weight excluding hydrogens is 494 g/mol. The van der Waals surface area contributed by atoms with Gasteiger partial charge in [0.05, 0.1) is 30.7 Å². The number of hydrogen-bond acceptors (Lipinski definition) is 5. The Labute approximate surface area is 227 Å². The van der Waals surface area contributed by atoms with E-state index in [4.69, 9.17) is 9.47 Å². The van der Waals surface area contributed by atoms with Crippen molar-refractivity contribution in [2.75, 3.05) is 28.9 Å². The van der Waals surface area contributed by atoms with E-state index < -0.39 is 22.5 Å². The summed E-state index contributed by atoms with van der Waals surface area (Å²) in [5, 5.41) is 0. The molecule has 8 heteroatoms. The number of nitrogens with zero attached hydrogens (tertiary/aromatic N) is 3. The topological polar surface area (TPSA) is 79.4 Å². The summed E-state index contributed by atoms with van der Waals surface area (Å²) in [6.07, 6.45) is -0.587. The van der Waals surface area contributed by atoms with Gasteiger partial charge in [-0.2, -0.15) is 0 Å². The number of para-hydroxylation sites is 1. The second-order valence-corrected chi connectivity index (χ2v) is 11.3. The summed E-state index contributed by atoms with van der Waals surface area (Å²) < 4.78 is 10.6. The van der Waals surface area contributed by atoms with Gasteiger partial charge < -0.3 is 9.47 Å². The fraction of sp³-hybridized carbons (Fsp3) is 0.323. The third-order valence-electron chi connectivity index (χ3n) is 8.65. The molecule has 2 fully saturated rings. The van der Waals surface area contributed by atoms with Crippen LogP contribution in [0.2, 0.25) is 0 Å². The number of carbonyl (C=O) groups is 3. The summed E-state index contributed by atoms with van der Waals surface area (Å²) in [6, 6.07) is 22.0. The highest BCUT2D eigenvalue weighted by Gasteiger charge is 2.77. The highest BCUT2D eigenvalue weighted by atomic mass is 16.5. The van der Waals surface area contributed by atoms with Crippen LogP contribution < -0.4 is 24.2 Å². The number of amides is 3. The lowest BCUT2D eigenvalue weighted by Crippen LogP contribution is -2.80. The van der Waals surface area contributed by atoms with Crippen LogP contribution >= 0.6 is 0 Å². The molecule has 0 bridgehead atoms. The van der Waals surface area contributed by atoms with Gasteiger partial charge in [0, 0.05) is 16.9 Å². The van der Waals surface area contributed by atoms with Crippen LogP contribution in [0, 0.1) is 10.8 Å². The maximum absolute atomic E-state index is 14.9. The number of hydrogen-bond donors (Lipinski definition) is 0. The molecule has 39 heavy (non-hydrogen) atoms. The molecule has 3 aliphatic heterocycles. The Kier molecular flexibility index (Phi) is 5.18. The van der Waals surface area contributed by atoms with Crippen molar-refractivity contribution in [1.29, 1.82) is 0 Å². The number of methoxy groups -OCH3 is 2. The van der Waals surface area contributed by atoms with Crippen molar-refractivity contribution in [3.05, 3.63) is 78.4 Å². The fourth-order valence-electron chi connectivity index (χ4n) is 6.53. The average Bonchev–Trinajstić information content (AvgIpc) is 3.21. The summed E-state index contributed by atoms with van der Waals surface area (Å²) >= 11 is 0. The lowest BCUT2D eigenvalue weighted by atomic mass is 9.59. The first-order chi connectivity index (χ1) is 18.5. The Bertz CT molecular complexity index is 1510. The molecule has 0 unspecified atom stereocenters. The van der Waals surface area contributed by atoms with E-state index in [0.29, 0.717) is 28.6 Å². The minimum absolute atomic E-state index is 0.0835. The van der Waals surface area contributed by atoms with E-state index in [9.17, 15) is 14.4 Å². The van der Waals surface area contributed by atoms with Crippen LogP contribution in [-0.4, -0.2) is 38.1 Å². The second-order valence-electron chi connectivity index (χ2n) is 11.3. The van der Waals surface area contributed by atoms with Crippen LogP contribution in [0.5, 0.6) is 11.5 Å². The van der Waals surface area contributed by atoms with Crippen molar-refractivity contribution in [1.82, 2.24) is 0 Å². The second kappa shape index (κ2) is 8.09. The lowest BCUT2D eigenvalue weighted by molar-refractivity contribution is -0.154. The maximum atomic E-state index is 14.9. The highest BCUT2D eigenvalue weighted by Crippen LogP contribution is 2.64. The van der Waals surface area contributed by atoms with Crippen LogP contribution in [0.3, 0.4) is 0 Å². The zero-order chi connectivity index (χ0) is 27.9. The molecule has 3 aromatic carbocycles. The van der Waals surface area contributed by atoms with E-state index in [1.54, 1.807) is 65.3 Å². The Morgan fingerprint density at radius 1 is 0.641 bits per heavy atom. The zero-order valence-electron chi connectivity index (χ0n) is 22.9. The summed E-state index contributed by atoms with van der Waals surface area (Å²) in [4.78, 5) is 47.1. The van der Waals surface area contributed by atoms with Crippen molar-refractivity contribution in [2.24, 2.45) is 10.8 Å². The van der Waals surface area contributed by atoms with E-state index >= 15 is 0 Å². The summed E-state index contributed by atoms with van der Waals surface area (Å²) in [5.74, 6) is 0.875. The molecule has 3 amide bonds. The van der Waals surface area contributed by atoms with Crippen molar-refractivity contribution in [2.45, 2.75) is 39.4 Å². The number of rotatable bonds is 5. The number of ether oxygens (including phenoxy) is 2. The van der Waals surface area contributed by atoms with E-state index in [-0.39, 0.29) is 17.7 Å². The van der Waals surface area contributed by atoms with Gasteiger partial charge in [0.15, 0.2) is 5.54 Å². The van der Waals surface area contributed by atoms with Crippen LogP contribution in [0.4, 0.5) is 17.1 Å². The first kappa shape index (κ1) is 25.0. The molecule has 2 atom stereocenters. The molecule has 3 aromatic rings. The van der Waals surface area contributed by atoms with Crippen molar-refractivity contribution in [3.63, 3.8) is 0 Å². The molecule has 1 spiro atoms. The van der Waals surface area contributed by atoms with E-state index in [0.717, 1.165) is 5.56 Å². The van der Waals surface area contributed by atoms with Gasteiger partial charge in [-0.15, -0.1) is 0 Å². The van der Waals surface area contributed by atoms with Crippen LogP contribution in [0.1, 0.15) is 33.3 Å². The lowest BCUT2D eigenvalue weighted by Gasteiger charge is -2.61. The van der Waals surface area contributed by atoms with Gasteiger partial charge in [-0.05, 0) is 82.3 Å². The molecular formula is C31H31N3O5. The maximum Gasteiger partial charge on any atom is 0.260 e. The Balaban J connectivity index is 1.51. The van der Waals surface area contributed by atoms with Gasteiger partial charge >= 0.3 is 0 Å². The quantitative estimate of drug-likeness (QED) is 0.451. The molecule has 2 saturated heterocycles. The molecule has 6 rings (SSSR count).